The van der Waals surface area contributed by atoms with E-state index in [2.05, 4.69) is 114 Å². The second-order valence-corrected chi connectivity index (χ2v) is 37.8. The zero-order valence-corrected chi connectivity index (χ0v) is 87.2. The number of aliphatic hydroxyl groups excluding tert-OH is 4. The van der Waals surface area contributed by atoms with Crippen LogP contribution in [0.4, 0.5) is 0 Å². The van der Waals surface area contributed by atoms with Crippen molar-refractivity contribution in [3.05, 3.63) is 65.7 Å². The van der Waals surface area contributed by atoms with Crippen LogP contribution in [0.5, 0.6) is 5.75 Å². The number of phenols is 1. The zero-order valence-electron chi connectivity index (χ0n) is 86.3. The third kappa shape index (κ3) is 47.3. The standard InChI is InChI=1S/C95H152N22O32S/c1-14-48(9)74(115-86(139)63(39-71(128)129)106-77(130)50(11)100-79(132)56(98)41-118)92(145)105-58(26-20-22-34-97)82(135)113-73(47(7)8)91(144)116-75(49(10)15-2)93(146)109-62(38-70(126)127)85(138)108-61(36-53-23-17-16-18-24-53)80(133)99-40-68(123)102-65(42-119)87(140)101-51(12)78(131)112-67(44-150)89(142)107-60(35-45(3)4)84(137)104-59(31-32-69(124)125)81(134)111-66(43-120)88(141)103-57(25-19-21-33-96)83(136)117-76(52(13)121)94(147)114-72(46(5)6)90(143)110-64(95(148)149)37-54-27-29-55(122)30-28-54/h16-18,23-24,27-30,45-52,56-67,72-76,118-122,150H,14-15,19-22,25-26,31-44,96-98H2,1-13H3,(H,99,133)(H,100,132)(H,101,140)(H,102,123)(H,103,141)(H,104,137)(H,105,145)(H,106,130)(H,107,142)(H,108,138)(H,109,146)(H,110,143)(H,111,134)(H,112,131)(H,113,135)(H,114,147)(H,115,139)(H,116,144)(H,117,136)(H,124,125)(H,126,127)(H,128,129)(H,148,149)/t48-,49-,50-,51-,52+,56-,57-,58-,59-,60-,61-,62-,63-,64-,65-,66-,67-,72-,73-,74-,75-,76-/m0/s1. The van der Waals surface area contributed by atoms with E-state index in [1.165, 1.54) is 77.9 Å². The molecule has 22 atom stereocenters. The summed E-state index contributed by atoms with van der Waals surface area (Å²) >= 11 is 4.19. The number of carboxylic acid groups (broad SMARTS) is 4. The number of hydrogen-bond donors (Lipinski definition) is 32. The smallest absolute Gasteiger partial charge is 0.326 e. The van der Waals surface area contributed by atoms with Gasteiger partial charge in [-0.15, -0.1) is 0 Å². The van der Waals surface area contributed by atoms with Crippen LogP contribution in [0.3, 0.4) is 0 Å². The molecule has 2 rings (SSSR count). The Bertz CT molecular complexity index is 4870. The average molecular weight is 2150 g/mol. The van der Waals surface area contributed by atoms with Gasteiger partial charge in [-0.3, -0.25) is 105 Å². The van der Waals surface area contributed by atoms with Crippen molar-refractivity contribution in [1.82, 2.24) is 101 Å². The minimum Gasteiger partial charge on any atom is -0.508 e. The highest BCUT2D eigenvalue weighted by molar-refractivity contribution is 7.80. The summed E-state index contributed by atoms with van der Waals surface area (Å²) in [6.45, 7) is 15.2. The molecule has 0 aliphatic rings. The molecule has 0 saturated carbocycles. The van der Waals surface area contributed by atoms with Gasteiger partial charge in [0.2, 0.25) is 112 Å². The van der Waals surface area contributed by atoms with E-state index < -0.39 is 344 Å². The number of rotatable bonds is 71. The van der Waals surface area contributed by atoms with Gasteiger partial charge in [0, 0.05) is 25.0 Å². The largest absolute Gasteiger partial charge is 0.508 e. The topological polar surface area (TPSA) is 881 Å². The Morgan fingerprint density at radius 1 is 0.333 bits per heavy atom. The fraction of sp³-hybridized carbons (Fsp3) is 0.632. The molecule has 0 heterocycles. The highest BCUT2D eigenvalue weighted by Gasteiger charge is 2.43. The van der Waals surface area contributed by atoms with Crippen LogP contribution in [0, 0.1) is 29.6 Å². The van der Waals surface area contributed by atoms with Crippen molar-refractivity contribution in [1.29, 1.82) is 0 Å². The highest BCUT2D eigenvalue weighted by atomic mass is 32.1. The Balaban J connectivity index is 2.35. The number of nitrogens with one attached hydrogen (secondary N) is 19. The molecule has 0 aliphatic carbocycles. The lowest BCUT2D eigenvalue weighted by molar-refractivity contribution is -0.143. The zero-order chi connectivity index (χ0) is 114. The normalized spacial score (nSPS) is 15.6. The van der Waals surface area contributed by atoms with Crippen LogP contribution < -0.4 is 118 Å². The number of carbonyl (C=O) groups excluding carboxylic acids is 19. The van der Waals surface area contributed by atoms with E-state index in [-0.39, 0.29) is 83.0 Å². The van der Waals surface area contributed by atoms with Gasteiger partial charge in [-0.25, -0.2) is 4.79 Å². The number of unbranched alkanes of at least 4 members (excludes halogenated alkanes) is 2. The van der Waals surface area contributed by atoms with E-state index in [4.69, 9.17) is 17.2 Å². The quantitative estimate of drug-likeness (QED) is 0.0216. The van der Waals surface area contributed by atoms with E-state index in [0.29, 0.717) is 17.5 Å². The summed E-state index contributed by atoms with van der Waals surface area (Å²) < 4.78 is 0. The summed E-state index contributed by atoms with van der Waals surface area (Å²) in [5.74, 6) is -31.3. The third-order valence-corrected chi connectivity index (χ3v) is 24.1. The molecule has 54 nitrogen and oxygen atoms in total. The van der Waals surface area contributed by atoms with Crippen LogP contribution in [0.15, 0.2) is 54.6 Å². The maximum Gasteiger partial charge on any atom is 0.326 e. The molecule has 19 amide bonds. The Kier molecular flexibility index (Phi) is 59.9. The summed E-state index contributed by atoms with van der Waals surface area (Å²) in [5, 5.41) is 135. The predicted molar refractivity (Wildman–Crippen MR) is 539 cm³/mol. The number of aliphatic hydroxyl groups is 4. The molecule has 2 aromatic rings. The first-order valence-corrected chi connectivity index (χ1v) is 49.8. The molecular weight excluding hydrogens is 1990 g/mol. The first-order chi connectivity index (χ1) is 70.5. The number of benzene rings is 2. The number of amides is 19. The summed E-state index contributed by atoms with van der Waals surface area (Å²) in [6, 6.07) is -18.2. The van der Waals surface area contributed by atoms with Gasteiger partial charge in [-0.1, -0.05) is 125 Å². The molecule has 150 heavy (non-hydrogen) atoms. The van der Waals surface area contributed by atoms with Crippen molar-refractivity contribution in [3.8, 4) is 5.75 Å². The Labute approximate surface area is 872 Å². The molecule has 0 bridgehead atoms. The number of carboxylic acids is 4. The highest BCUT2D eigenvalue weighted by Crippen LogP contribution is 2.19. The first-order valence-electron chi connectivity index (χ1n) is 49.2. The van der Waals surface area contributed by atoms with Crippen LogP contribution in [0.25, 0.3) is 0 Å². The summed E-state index contributed by atoms with van der Waals surface area (Å²) in [7, 11) is 0. The molecule has 0 fully saturated rings. The van der Waals surface area contributed by atoms with Crippen LogP contribution in [0.2, 0.25) is 0 Å². The van der Waals surface area contributed by atoms with Crippen LogP contribution in [0.1, 0.15) is 185 Å². The fourth-order valence-electron chi connectivity index (χ4n) is 14.5. The molecule has 34 N–H and O–H groups in total. The van der Waals surface area contributed by atoms with Gasteiger partial charge in [-0.2, -0.15) is 12.6 Å². The molecule has 0 radical (unpaired) electrons. The van der Waals surface area contributed by atoms with Gasteiger partial charge < -0.3 is 164 Å². The molecule has 0 saturated heterocycles. The van der Waals surface area contributed by atoms with E-state index in [0.717, 1.165) is 13.8 Å². The summed E-state index contributed by atoms with van der Waals surface area (Å²) in [6.07, 6.45) is -5.20. The second kappa shape index (κ2) is 68.0. The van der Waals surface area contributed by atoms with E-state index in [1.54, 1.807) is 52.8 Å². The van der Waals surface area contributed by atoms with Gasteiger partial charge in [0.25, 0.3) is 0 Å². The second-order valence-electron chi connectivity index (χ2n) is 37.4. The average Bonchev–Trinajstić information content (AvgIpc) is 0.841. The molecule has 0 aliphatic heterocycles. The Morgan fingerprint density at radius 3 is 1.12 bits per heavy atom. The Hall–Kier alpha value is -13.9. The van der Waals surface area contributed by atoms with Crippen LogP contribution in [-0.4, -0.2) is 348 Å². The summed E-state index contributed by atoms with van der Waals surface area (Å²) in [5.41, 5.74) is 17.8. The molecule has 0 spiro atoms. The van der Waals surface area contributed by atoms with E-state index in [9.17, 15) is 156 Å². The Morgan fingerprint density at radius 2 is 0.673 bits per heavy atom. The van der Waals surface area contributed by atoms with E-state index >= 15 is 0 Å². The molecule has 55 heteroatoms. The van der Waals surface area contributed by atoms with Crippen molar-refractivity contribution < 1.29 is 156 Å². The lowest BCUT2D eigenvalue weighted by atomic mass is 9.95. The van der Waals surface area contributed by atoms with Crippen LogP contribution in [-0.2, 0) is 123 Å². The van der Waals surface area contributed by atoms with Gasteiger partial charge in [0.15, 0.2) is 0 Å². The van der Waals surface area contributed by atoms with Crippen molar-refractivity contribution >= 4 is 149 Å². The van der Waals surface area contributed by atoms with Gasteiger partial charge >= 0.3 is 23.9 Å². The maximum atomic E-state index is 14.5. The van der Waals surface area contributed by atoms with Gasteiger partial charge in [-0.05, 0) is 138 Å². The monoisotopic (exact) mass is 2150 g/mol. The number of carbonyl (C=O) groups is 23. The van der Waals surface area contributed by atoms with Gasteiger partial charge in [0.1, 0.15) is 121 Å². The van der Waals surface area contributed by atoms with Crippen molar-refractivity contribution in [2.75, 3.05) is 45.2 Å². The molecule has 0 aromatic heterocycles. The molecule has 840 valence electrons. The number of thiol groups is 1. The number of nitrogens with two attached hydrogens (primary N) is 3. The number of hydrogen-bond acceptors (Lipinski definition) is 32. The lowest BCUT2D eigenvalue weighted by Gasteiger charge is -2.31. The molecule has 0 unspecified atom stereocenters. The summed E-state index contributed by atoms with van der Waals surface area (Å²) in [4.78, 5) is 314. The fourth-order valence-corrected chi connectivity index (χ4v) is 14.7. The van der Waals surface area contributed by atoms with Crippen LogP contribution >= 0.6 is 12.6 Å². The van der Waals surface area contributed by atoms with E-state index in [1.807, 2.05) is 0 Å². The third-order valence-electron chi connectivity index (χ3n) is 23.8. The molecular formula is C95H152N22O32S. The first kappa shape index (κ1) is 132. The maximum absolute atomic E-state index is 14.5. The van der Waals surface area contributed by atoms with Crippen molar-refractivity contribution in [2.24, 2.45) is 46.8 Å². The SMILES string of the molecule is CC[C@H](C)[C@H](NC(=O)[C@H](CC(=O)O)NC(=O)[C@H](C)NC(=O)[C@@H](N)CO)C(=O)N[C@@H](CCCCN)C(=O)N[C@H](C(=O)N[C@H](C(=O)N[C@@H](CC(=O)O)C(=O)N[C@@H](Cc1ccccc1)C(=O)NCC(=O)N[C@@H](CO)C(=O)N[C@@H](C)C(=O)N[C@@H](CS)C(=O)N[C@@H](CC(C)C)C(=O)N[C@@H](CCC(=O)O)C(=O)N[C@@H](CO)C(=O)N[C@@H](CCCCN)C(=O)N[C@H](C(=O)N[C@H](C(=O)N[C@@H](Cc1ccc(O)cc1)C(=O)O)C(C)C)[C@@H](C)O)[C@@H](C)CC)C(C)C. The molecule has 2 aromatic carbocycles. The minimum atomic E-state index is -2.02. The van der Waals surface area contributed by atoms with Crippen molar-refractivity contribution in [2.45, 2.75) is 307 Å². The van der Waals surface area contributed by atoms with Crippen molar-refractivity contribution in [3.63, 3.8) is 0 Å². The number of aliphatic carboxylic acids is 4. The minimum absolute atomic E-state index is 0.0941. The lowest BCUT2D eigenvalue weighted by Crippen LogP contribution is -2.62. The number of phenolic OH excluding ortho intramolecular Hbond substituents is 1. The predicted octanol–water partition coefficient (Wildman–Crippen LogP) is -8.72. The number of aromatic hydroxyl groups is 1. The van der Waals surface area contributed by atoms with Gasteiger partial charge in [0.05, 0.1) is 45.3 Å².